The number of carbonyl (C=O) groups is 1. The van der Waals surface area contributed by atoms with Gasteiger partial charge in [0.25, 0.3) is 5.69 Å². The van der Waals surface area contributed by atoms with Crippen molar-refractivity contribution >= 4 is 17.5 Å². The molecule has 15 nitrogen and oxygen atoms in total. The lowest BCUT2D eigenvalue weighted by Gasteiger charge is -2.20. The third-order valence-electron chi connectivity index (χ3n) is 4.40. The van der Waals surface area contributed by atoms with Gasteiger partial charge < -0.3 is 33.7 Å². The number of non-ortho nitro benzene ring substituents is 1. The molecule has 0 saturated heterocycles. The Morgan fingerprint density at radius 3 is 1.66 bits per heavy atom. The molecular weight excluding hydrogens is 508 g/mol. The van der Waals surface area contributed by atoms with Crippen LogP contribution < -0.4 is 15.7 Å². The van der Waals surface area contributed by atoms with Gasteiger partial charge in [-0.15, -0.1) is 0 Å². The SMILES string of the molecule is CC(C)(C)OC(=O)NCCOCCOCCOCCOCCOCCN[N+](O)(O)c1ccc([N+](=O)[O-])cc1. The number of nitrogens with zero attached hydrogens (tertiary/aromatic N) is 2. The number of quaternary nitrogens is 1. The van der Waals surface area contributed by atoms with Crippen molar-refractivity contribution in [3.8, 4) is 0 Å². The Morgan fingerprint density at radius 2 is 1.24 bits per heavy atom. The molecule has 0 aliphatic heterocycles. The van der Waals surface area contributed by atoms with Crippen molar-refractivity contribution in [3.63, 3.8) is 0 Å². The summed E-state index contributed by atoms with van der Waals surface area (Å²) in [7, 11) is 0. The van der Waals surface area contributed by atoms with E-state index in [1.165, 1.54) is 24.3 Å². The standard InChI is InChI=1S/C23H40N4O11/c1-23(2,3)38-22(28)24-8-10-33-12-14-35-16-18-37-19-17-36-15-13-34-11-9-25-27(31,32)21-6-4-20(5-7-21)26(29)30/h4-7,25,31-32H,8-19H2,1-3H3/p+1. The largest absolute Gasteiger partial charge is 0.444 e. The molecule has 15 heteroatoms. The number of nitro groups is 1. The molecule has 0 aromatic heterocycles. The molecule has 0 unspecified atom stereocenters. The molecule has 0 saturated carbocycles. The van der Waals surface area contributed by atoms with Crippen LogP contribution in [-0.4, -0.2) is 106 Å². The predicted molar refractivity (Wildman–Crippen MR) is 135 cm³/mol. The van der Waals surface area contributed by atoms with Gasteiger partial charge in [-0.2, -0.15) is 10.4 Å². The Morgan fingerprint density at radius 1 is 0.816 bits per heavy atom. The number of ether oxygens (including phenoxy) is 6. The number of hydrogen-bond donors (Lipinski definition) is 4. The van der Waals surface area contributed by atoms with Gasteiger partial charge in [0.05, 0.1) is 82.5 Å². The molecule has 4 N–H and O–H groups in total. The maximum absolute atomic E-state index is 11.4. The van der Waals surface area contributed by atoms with Crippen LogP contribution in [0.1, 0.15) is 20.8 Å². The first-order chi connectivity index (χ1) is 18.0. The van der Waals surface area contributed by atoms with Crippen LogP contribution in [0.4, 0.5) is 16.2 Å². The van der Waals surface area contributed by atoms with E-state index in [4.69, 9.17) is 28.4 Å². The highest BCUT2D eigenvalue weighted by atomic mass is 16.9. The first kappa shape index (κ1) is 33.6. The summed E-state index contributed by atoms with van der Waals surface area (Å²) in [6, 6.07) is 4.82. The van der Waals surface area contributed by atoms with Crippen molar-refractivity contribution in [2.75, 3.05) is 79.2 Å². The minimum atomic E-state index is -1.63. The minimum Gasteiger partial charge on any atom is -0.444 e. The van der Waals surface area contributed by atoms with E-state index in [9.17, 15) is 25.3 Å². The topological polar surface area (TPSA) is 180 Å². The van der Waals surface area contributed by atoms with Crippen LogP contribution in [0, 0.1) is 10.1 Å². The van der Waals surface area contributed by atoms with E-state index in [2.05, 4.69) is 10.7 Å². The second-order valence-electron chi connectivity index (χ2n) is 8.77. The zero-order chi connectivity index (χ0) is 28.3. The molecule has 1 aromatic carbocycles. The van der Waals surface area contributed by atoms with E-state index >= 15 is 0 Å². The van der Waals surface area contributed by atoms with Gasteiger partial charge in [0.2, 0.25) is 5.69 Å². The average molecular weight is 550 g/mol. The minimum absolute atomic E-state index is 0.0161. The molecule has 1 rings (SSSR count). The summed E-state index contributed by atoms with van der Waals surface area (Å²) in [5.41, 5.74) is 1.78. The van der Waals surface area contributed by atoms with Gasteiger partial charge >= 0.3 is 6.09 Å². The zero-order valence-electron chi connectivity index (χ0n) is 22.3. The molecule has 0 aliphatic carbocycles. The zero-order valence-corrected chi connectivity index (χ0v) is 22.3. The number of hydrogen-bond acceptors (Lipinski definition) is 12. The highest BCUT2D eigenvalue weighted by Gasteiger charge is 2.27. The molecule has 1 amide bonds. The summed E-state index contributed by atoms with van der Waals surface area (Å²) < 4.78 is 32.0. The van der Waals surface area contributed by atoms with Crippen molar-refractivity contribution in [3.05, 3.63) is 34.4 Å². The fourth-order valence-corrected chi connectivity index (χ4v) is 2.67. The Labute approximate surface area is 222 Å². The van der Waals surface area contributed by atoms with Gasteiger partial charge in [0.15, 0.2) is 0 Å². The Bertz CT molecular complexity index is 789. The molecule has 0 atom stereocenters. The highest BCUT2D eigenvalue weighted by molar-refractivity contribution is 5.67. The smallest absolute Gasteiger partial charge is 0.407 e. The fourth-order valence-electron chi connectivity index (χ4n) is 2.67. The van der Waals surface area contributed by atoms with Crippen LogP contribution in [0.15, 0.2) is 24.3 Å². The Hall–Kier alpha value is -2.47. The summed E-state index contributed by atoms with van der Waals surface area (Å²) in [5.74, 6) is 0. The number of nitrogens with one attached hydrogen (secondary N) is 2. The molecule has 0 radical (unpaired) electrons. The van der Waals surface area contributed by atoms with Crippen molar-refractivity contribution < 1.29 is 48.6 Å². The van der Waals surface area contributed by atoms with Crippen LogP contribution in [0.5, 0.6) is 0 Å². The second-order valence-corrected chi connectivity index (χ2v) is 8.77. The molecular formula is C23H41N4O11+. The molecule has 0 fully saturated rings. The van der Waals surface area contributed by atoms with Crippen LogP contribution in [0.25, 0.3) is 0 Å². The maximum atomic E-state index is 11.4. The summed E-state index contributed by atoms with van der Waals surface area (Å²) >= 11 is 0. The third kappa shape index (κ3) is 17.1. The fraction of sp³-hybridized carbons (Fsp3) is 0.696. The number of alkyl carbamates (subject to hydrolysis) is 1. The van der Waals surface area contributed by atoms with Crippen molar-refractivity contribution in [1.82, 2.24) is 15.7 Å². The van der Waals surface area contributed by atoms with Gasteiger partial charge in [-0.25, -0.2) is 4.79 Å². The number of benzene rings is 1. The lowest BCUT2D eigenvalue weighted by atomic mass is 10.2. The summed E-state index contributed by atoms with van der Waals surface area (Å²) in [6.45, 7) is 9.53. The molecule has 218 valence electrons. The number of rotatable bonds is 21. The normalized spacial score (nSPS) is 11.9. The van der Waals surface area contributed by atoms with E-state index in [-0.39, 0.29) is 24.5 Å². The van der Waals surface area contributed by atoms with Crippen molar-refractivity contribution in [2.24, 2.45) is 0 Å². The van der Waals surface area contributed by atoms with E-state index in [0.29, 0.717) is 66.0 Å². The molecule has 38 heavy (non-hydrogen) atoms. The van der Waals surface area contributed by atoms with Gasteiger partial charge in [-0.3, -0.25) is 10.1 Å². The predicted octanol–water partition coefficient (Wildman–Crippen LogP) is 1.79. The molecule has 0 heterocycles. The van der Waals surface area contributed by atoms with Crippen LogP contribution in [0.3, 0.4) is 0 Å². The maximum Gasteiger partial charge on any atom is 0.407 e. The quantitative estimate of drug-likeness (QED) is 0.0757. The Balaban J connectivity index is 1.85. The highest BCUT2D eigenvalue weighted by Crippen LogP contribution is 2.20. The Kier molecular flexibility index (Phi) is 16.5. The summed E-state index contributed by atoms with van der Waals surface area (Å²) in [5, 5.41) is 33.2. The van der Waals surface area contributed by atoms with Gasteiger partial charge in [-0.05, 0) is 20.8 Å². The third-order valence-corrected chi connectivity index (χ3v) is 4.40. The van der Waals surface area contributed by atoms with Gasteiger partial charge in [0, 0.05) is 30.8 Å². The first-order valence-corrected chi connectivity index (χ1v) is 12.2. The monoisotopic (exact) mass is 549 g/mol. The van der Waals surface area contributed by atoms with Crippen LogP contribution in [-0.2, 0) is 28.4 Å². The van der Waals surface area contributed by atoms with Crippen molar-refractivity contribution in [2.45, 2.75) is 26.4 Å². The number of nitro benzene ring substituents is 1. The molecule has 0 aliphatic rings. The van der Waals surface area contributed by atoms with E-state index in [1.54, 1.807) is 20.8 Å². The molecule has 1 aromatic rings. The summed E-state index contributed by atoms with van der Waals surface area (Å²) in [4.78, 5) is 19.9. The molecule has 0 spiro atoms. The first-order valence-electron chi connectivity index (χ1n) is 12.2. The van der Waals surface area contributed by atoms with Crippen LogP contribution in [0.2, 0.25) is 0 Å². The summed E-state index contributed by atoms with van der Waals surface area (Å²) in [6.07, 6.45) is -0.474. The van der Waals surface area contributed by atoms with Gasteiger partial charge in [0.1, 0.15) is 5.60 Å². The lowest BCUT2D eigenvalue weighted by Crippen LogP contribution is -2.55. The number of carbonyl (C=O) groups excluding carboxylic acids is 1. The van der Waals surface area contributed by atoms with E-state index < -0.39 is 21.5 Å². The van der Waals surface area contributed by atoms with Gasteiger partial charge in [-0.1, -0.05) is 5.43 Å². The lowest BCUT2D eigenvalue weighted by molar-refractivity contribution is -0.385. The van der Waals surface area contributed by atoms with E-state index in [1.807, 2.05) is 0 Å². The molecule has 0 bridgehead atoms. The van der Waals surface area contributed by atoms with Crippen LogP contribution >= 0.6 is 0 Å². The average Bonchev–Trinajstić information content (AvgIpc) is 2.84. The van der Waals surface area contributed by atoms with Crippen molar-refractivity contribution in [1.29, 1.82) is 0 Å². The number of amides is 1. The van der Waals surface area contributed by atoms with E-state index in [0.717, 1.165) is 0 Å². The second kappa shape index (κ2) is 18.7.